The van der Waals surface area contributed by atoms with Gasteiger partial charge in [0.05, 0.1) is 4.88 Å². The average Bonchev–Trinajstić information content (AvgIpc) is 3.32. The number of hydrogen-bond acceptors (Lipinski definition) is 5. The molecule has 0 aliphatic carbocycles. The van der Waals surface area contributed by atoms with Gasteiger partial charge in [-0.25, -0.2) is 0 Å². The first-order valence-electron chi connectivity index (χ1n) is 7.60. The van der Waals surface area contributed by atoms with E-state index in [1.54, 1.807) is 22.7 Å². The number of fused-ring (bicyclic) bond motifs is 2. The second kappa shape index (κ2) is 5.51. The van der Waals surface area contributed by atoms with E-state index in [0.29, 0.717) is 0 Å². The fourth-order valence-corrected chi connectivity index (χ4v) is 4.45. The molecule has 24 heavy (non-hydrogen) atoms. The molecule has 5 rings (SSSR count). The lowest BCUT2D eigenvalue weighted by molar-refractivity contribution is 0.921. The van der Waals surface area contributed by atoms with E-state index in [1.807, 2.05) is 22.0 Å². The highest BCUT2D eigenvalue weighted by Crippen LogP contribution is 2.27. The van der Waals surface area contributed by atoms with Crippen LogP contribution in [0.4, 0.5) is 0 Å². The van der Waals surface area contributed by atoms with E-state index in [0.717, 1.165) is 27.1 Å². The van der Waals surface area contributed by atoms with Crippen LogP contribution < -0.4 is 0 Å². The largest absolute Gasteiger partial charge is 0.235 e. The summed E-state index contributed by atoms with van der Waals surface area (Å²) in [4.78, 5) is 1.93. The molecule has 0 saturated carbocycles. The van der Waals surface area contributed by atoms with Crippen LogP contribution in [0.5, 0.6) is 0 Å². The Kier molecular flexibility index (Phi) is 3.17. The summed E-state index contributed by atoms with van der Waals surface area (Å²) in [6.45, 7) is 0. The molecular formula is C18H12N4S2. The summed E-state index contributed by atoms with van der Waals surface area (Å²) in [5, 5.41) is 18.9. The number of thiophene rings is 1. The van der Waals surface area contributed by atoms with Crippen molar-refractivity contribution >= 4 is 38.4 Å². The van der Waals surface area contributed by atoms with Crippen molar-refractivity contribution in [2.24, 2.45) is 0 Å². The van der Waals surface area contributed by atoms with Crippen molar-refractivity contribution in [2.45, 2.75) is 6.42 Å². The molecule has 0 spiro atoms. The minimum absolute atomic E-state index is 0.805. The predicted octanol–water partition coefficient (Wildman–Crippen LogP) is 4.66. The minimum Gasteiger partial charge on any atom is -0.182 e. The first-order chi connectivity index (χ1) is 11.9. The molecule has 0 aliphatic rings. The first-order valence-corrected chi connectivity index (χ1v) is 9.30. The molecule has 6 heteroatoms. The molecule has 0 amide bonds. The summed E-state index contributed by atoms with van der Waals surface area (Å²) in [6, 6.07) is 19.0. The van der Waals surface area contributed by atoms with E-state index in [2.05, 4.69) is 52.7 Å². The number of rotatable bonds is 3. The summed E-state index contributed by atoms with van der Waals surface area (Å²) in [6.07, 6.45) is 0.805. The maximum Gasteiger partial charge on any atom is 0.235 e. The lowest BCUT2D eigenvalue weighted by atomic mass is 10.0. The van der Waals surface area contributed by atoms with Gasteiger partial charge in [0.2, 0.25) is 4.96 Å². The van der Waals surface area contributed by atoms with Crippen molar-refractivity contribution in [3.05, 3.63) is 70.5 Å². The van der Waals surface area contributed by atoms with Gasteiger partial charge in [0, 0.05) is 6.42 Å². The predicted molar refractivity (Wildman–Crippen MR) is 98.7 cm³/mol. The molecule has 0 atom stereocenters. The Labute approximate surface area is 146 Å². The van der Waals surface area contributed by atoms with Gasteiger partial charge >= 0.3 is 0 Å². The van der Waals surface area contributed by atoms with Gasteiger partial charge in [-0.1, -0.05) is 59.9 Å². The van der Waals surface area contributed by atoms with Crippen LogP contribution >= 0.6 is 22.7 Å². The highest BCUT2D eigenvalue weighted by Gasteiger charge is 2.14. The van der Waals surface area contributed by atoms with Gasteiger partial charge in [-0.3, -0.25) is 0 Å². The topological polar surface area (TPSA) is 43.1 Å². The van der Waals surface area contributed by atoms with E-state index < -0.39 is 0 Å². The van der Waals surface area contributed by atoms with Crippen molar-refractivity contribution in [3.8, 4) is 10.7 Å². The lowest BCUT2D eigenvalue weighted by Gasteiger charge is -2.04. The van der Waals surface area contributed by atoms with Crippen LogP contribution in [0.2, 0.25) is 0 Å². The third kappa shape index (κ3) is 2.23. The van der Waals surface area contributed by atoms with Crippen molar-refractivity contribution in [1.82, 2.24) is 19.8 Å². The van der Waals surface area contributed by atoms with Crippen LogP contribution in [-0.2, 0) is 6.42 Å². The van der Waals surface area contributed by atoms with Crippen LogP contribution in [0.3, 0.4) is 0 Å². The van der Waals surface area contributed by atoms with Gasteiger partial charge in [0.15, 0.2) is 5.82 Å². The van der Waals surface area contributed by atoms with Gasteiger partial charge in [-0.2, -0.15) is 9.61 Å². The zero-order chi connectivity index (χ0) is 15.9. The zero-order valence-electron chi connectivity index (χ0n) is 12.6. The van der Waals surface area contributed by atoms with Gasteiger partial charge in [0.25, 0.3) is 0 Å². The molecule has 0 radical (unpaired) electrons. The van der Waals surface area contributed by atoms with Gasteiger partial charge in [-0.15, -0.1) is 21.5 Å². The number of aromatic nitrogens is 4. The van der Waals surface area contributed by atoms with E-state index in [1.165, 1.54) is 16.3 Å². The highest BCUT2D eigenvalue weighted by molar-refractivity contribution is 7.16. The Morgan fingerprint density at radius 3 is 2.75 bits per heavy atom. The SMILES string of the molecule is c1csc(-c2nnc3sc(Cc4cccc5ccccc45)nn23)c1. The van der Waals surface area contributed by atoms with Crippen molar-refractivity contribution in [1.29, 1.82) is 0 Å². The molecule has 0 saturated heterocycles. The molecule has 116 valence electrons. The fraction of sp³-hybridized carbons (Fsp3) is 0.0556. The summed E-state index contributed by atoms with van der Waals surface area (Å²) in [7, 11) is 0. The Balaban J connectivity index is 1.58. The third-order valence-electron chi connectivity index (χ3n) is 4.00. The molecule has 0 aliphatic heterocycles. The molecule has 4 nitrogen and oxygen atoms in total. The van der Waals surface area contributed by atoms with Crippen LogP contribution in [-0.4, -0.2) is 19.8 Å². The lowest BCUT2D eigenvalue weighted by Crippen LogP contribution is -1.93. The molecule has 3 heterocycles. The van der Waals surface area contributed by atoms with E-state index in [-0.39, 0.29) is 0 Å². The van der Waals surface area contributed by atoms with Crippen molar-refractivity contribution in [3.63, 3.8) is 0 Å². The van der Waals surface area contributed by atoms with E-state index in [9.17, 15) is 0 Å². The third-order valence-corrected chi connectivity index (χ3v) is 5.76. The second-order valence-electron chi connectivity index (χ2n) is 5.51. The van der Waals surface area contributed by atoms with Crippen LogP contribution in [0.15, 0.2) is 60.0 Å². The van der Waals surface area contributed by atoms with Crippen molar-refractivity contribution in [2.75, 3.05) is 0 Å². The quantitative estimate of drug-likeness (QED) is 0.476. The van der Waals surface area contributed by atoms with Crippen molar-refractivity contribution < 1.29 is 0 Å². The van der Waals surface area contributed by atoms with Gasteiger partial charge in [-0.05, 0) is 27.8 Å². The normalized spacial score (nSPS) is 11.5. The Hall–Kier alpha value is -2.57. The minimum atomic E-state index is 0.805. The summed E-state index contributed by atoms with van der Waals surface area (Å²) < 4.78 is 1.86. The second-order valence-corrected chi connectivity index (χ2v) is 7.49. The van der Waals surface area contributed by atoms with E-state index >= 15 is 0 Å². The Bertz CT molecular complexity index is 1130. The molecule has 0 unspecified atom stereocenters. The number of nitrogens with zero attached hydrogens (tertiary/aromatic N) is 4. The summed E-state index contributed by atoms with van der Waals surface area (Å²) in [5.74, 6) is 0.820. The average molecular weight is 348 g/mol. The Morgan fingerprint density at radius 2 is 1.83 bits per heavy atom. The fourth-order valence-electron chi connectivity index (χ4n) is 2.90. The number of benzene rings is 2. The molecule has 3 aromatic heterocycles. The molecule has 0 N–H and O–H groups in total. The Morgan fingerprint density at radius 1 is 0.917 bits per heavy atom. The molecule has 0 bridgehead atoms. The highest BCUT2D eigenvalue weighted by atomic mass is 32.1. The van der Waals surface area contributed by atoms with Crippen LogP contribution in [0, 0.1) is 0 Å². The summed E-state index contributed by atoms with van der Waals surface area (Å²) in [5.41, 5.74) is 1.29. The molecule has 2 aromatic carbocycles. The smallest absolute Gasteiger partial charge is 0.182 e. The standard InChI is InChI=1S/C18H12N4S2/c1-2-8-14-12(5-1)6-3-7-13(14)11-16-21-22-17(15-9-4-10-23-15)19-20-18(22)24-16/h1-10H,11H2. The molecule has 5 aromatic rings. The monoisotopic (exact) mass is 348 g/mol. The van der Waals surface area contributed by atoms with Crippen LogP contribution in [0.25, 0.3) is 26.4 Å². The molecular weight excluding hydrogens is 336 g/mol. The van der Waals surface area contributed by atoms with Crippen LogP contribution in [0.1, 0.15) is 10.6 Å². The molecule has 0 fully saturated rings. The van der Waals surface area contributed by atoms with E-state index in [4.69, 9.17) is 5.10 Å². The number of hydrogen-bond donors (Lipinski definition) is 0. The van der Waals surface area contributed by atoms with Gasteiger partial charge in [0.1, 0.15) is 5.01 Å². The zero-order valence-corrected chi connectivity index (χ0v) is 14.2. The maximum atomic E-state index is 4.75. The summed E-state index contributed by atoms with van der Waals surface area (Å²) >= 11 is 3.25. The van der Waals surface area contributed by atoms with Gasteiger partial charge < -0.3 is 0 Å². The first kappa shape index (κ1) is 13.8. The maximum absolute atomic E-state index is 4.75.